The Morgan fingerprint density at radius 3 is 2.74 bits per heavy atom. The maximum Gasteiger partial charge on any atom is 0.260 e. The molecule has 1 aromatic heterocycles. The Morgan fingerprint density at radius 2 is 1.94 bits per heavy atom. The molecule has 1 N–H and O–H groups in total. The van der Waals surface area contributed by atoms with Crippen molar-refractivity contribution in [2.45, 2.75) is 19.9 Å². The summed E-state index contributed by atoms with van der Waals surface area (Å²) in [7, 11) is 1.68. The van der Waals surface area contributed by atoms with E-state index in [2.05, 4.69) is 29.0 Å². The van der Waals surface area contributed by atoms with Crippen LogP contribution in [0.5, 0.6) is 5.75 Å². The lowest BCUT2D eigenvalue weighted by Gasteiger charge is -2.27. The molecule has 5 rings (SSSR count). The number of ether oxygens (including phenoxy) is 1. The molecule has 1 unspecified atom stereocenters. The number of aromatic nitrogens is 2. The molecular formula is C29H25N3O3. The molecule has 1 aliphatic heterocycles. The molecular weight excluding hydrogens is 438 g/mol. The lowest BCUT2D eigenvalue weighted by molar-refractivity contribution is 0.112. The molecule has 35 heavy (non-hydrogen) atoms. The number of hydrogen-bond donors (Lipinski definition) is 1. The molecule has 1 atom stereocenters. The van der Waals surface area contributed by atoms with Crippen molar-refractivity contribution in [2.75, 3.05) is 5.32 Å². The van der Waals surface area contributed by atoms with E-state index in [1.54, 1.807) is 19.2 Å². The Bertz CT molecular complexity index is 1600. The third kappa shape index (κ3) is 4.04. The first-order valence-corrected chi connectivity index (χ1v) is 11.4. The fraction of sp³-hybridized carbons (Fsp3) is 0.138. The van der Waals surface area contributed by atoms with Gasteiger partial charge >= 0.3 is 0 Å². The third-order valence-corrected chi connectivity index (χ3v) is 6.25. The second-order valence-electron chi connectivity index (χ2n) is 8.83. The van der Waals surface area contributed by atoms with E-state index in [1.165, 1.54) is 10.9 Å². The number of aryl methyl sites for hydroxylation is 2. The minimum Gasteiger partial charge on any atom is -0.456 e. The Hall–Kier alpha value is -4.45. The van der Waals surface area contributed by atoms with E-state index in [1.807, 2.05) is 50.3 Å². The van der Waals surface area contributed by atoms with E-state index < -0.39 is 0 Å². The number of aldehydes is 1. The normalized spacial score (nSPS) is 13.6. The molecule has 0 saturated heterocycles. The summed E-state index contributed by atoms with van der Waals surface area (Å²) in [5, 5.41) is 4.01. The van der Waals surface area contributed by atoms with Gasteiger partial charge in [0, 0.05) is 35.0 Å². The van der Waals surface area contributed by atoms with Gasteiger partial charge in [0.2, 0.25) is 0 Å². The predicted octanol–water partition coefficient (Wildman–Crippen LogP) is 5.67. The first-order chi connectivity index (χ1) is 16.9. The molecule has 0 radical (unpaired) electrons. The fourth-order valence-electron chi connectivity index (χ4n) is 4.40. The highest BCUT2D eigenvalue weighted by atomic mass is 16.5. The molecule has 0 spiro atoms. The zero-order chi connectivity index (χ0) is 24.7. The van der Waals surface area contributed by atoms with Crippen LogP contribution in [0.25, 0.3) is 22.2 Å². The number of benzene rings is 3. The SMILES string of the molecule is C=C1C=C(c2ccc3c(=O)n(C)cnc3c2)Oc2c1cc(C)cc2C(C)Nc1ccccc1C=O. The Labute approximate surface area is 203 Å². The van der Waals surface area contributed by atoms with Gasteiger partial charge in [-0.2, -0.15) is 0 Å². The van der Waals surface area contributed by atoms with Crippen molar-refractivity contribution in [2.24, 2.45) is 7.05 Å². The Balaban J connectivity index is 1.54. The number of nitrogens with zero attached hydrogens (tertiary/aromatic N) is 2. The average molecular weight is 464 g/mol. The smallest absolute Gasteiger partial charge is 0.260 e. The summed E-state index contributed by atoms with van der Waals surface area (Å²) < 4.78 is 7.93. The summed E-state index contributed by atoms with van der Waals surface area (Å²) in [5.41, 5.74) is 6.49. The van der Waals surface area contributed by atoms with Crippen LogP contribution in [-0.4, -0.2) is 15.8 Å². The summed E-state index contributed by atoms with van der Waals surface area (Å²) in [6.45, 7) is 8.36. The highest BCUT2D eigenvalue weighted by molar-refractivity contribution is 5.90. The molecule has 0 saturated carbocycles. The van der Waals surface area contributed by atoms with Crippen LogP contribution < -0.4 is 15.6 Å². The van der Waals surface area contributed by atoms with Gasteiger partial charge in [-0.15, -0.1) is 0 Å². The first kappa shape index (κ1) is 22.3. The number of para-hydroxylation sites is 1. The van der Waals surface area contributed by atoms with Crippen LogP contribution in [0.4, 0.5) is 5.69 Å². The molecule has 2 heterocycles. The van der Waals surface area contributed by atoms with Crippen molar-refractivity contribution in [1.29, 1.82) is 0 Å². The number of carbonyl (C=O) groups is 1. The van der Waals surface area contributed by atoms with Crippen LogP contribution in [0, 0.1) is 6.92 Å². The molecule has 4 aromatic rings. The number of anilines is 1. The zero-order valence-electron chi connectivity index (χ0n) is 19.8. The van der Waals surface area contributed by atoms with E-state index in [9.17, 15) is 9.59 Å². The molecule has 174 valence electrons. The predicted molar refractivity (Wildman–Crippen MR) is 140 cm³/mol. The molecule has 1 aliphatic rings. The Morgan fingerprint density at radius 1 is 1.14 bits per heavy atom. The summed E-state index contributed by atoms with van der Waals surface area (Å²) in [6.07, 6.45) is 4.28. The summed E-state index contributed by atoms with van der Waals surface area (Å²) in [6, 6.07) is 16.9. The summed E-state index contributed by atoms with van der Waals surface area (Å²) >= 11 is 0. The number of rotatable bonds is 5. The first-order valence-electron chi connectivity index (χ1n) is 11.4. The number of fused-ring (bicyclic) bond motifs is 2. The fourth-order valence-corrected chi connectivity index (χ4v) is 4.40. The zero-order valence-corrected chi connectivity index (χ0v) is 19.8. The quantitative estimate of drug-likeness (QED) is 0.386. The van der Waals surface area contributed by atoms with Gasteiger partial charge in [-0.05, 0) is 61.4 Å². The van der Waals surface area contributed by atoms with E-state index >= 15 is 0 Å². The topological polar surface area (TPSA) is 73.2 Å². The van der Waals surface area contributed by atoms with Crippen LogP contribution in [0.15, 0.2) is 78.4 Å². The number of nitrogens with one attached hydrogen (secondary N) is 1. The van der Waals surface area contributed by atoms with E-state index in [4.69, 9.17) is 4.74 Å². The number of carbonyl (C=O) groups excluding carboxylic acids is 1. The van der Waals surface area contributed by atoms with Gasteiger partial charge in [0.25, 0.3) is 5.56 Å². The van der Waals surface area contributed by atoms with Crippen LogP contribution in [0.2, 0.25) is 0 Å². The minimum absolute atomic E-state index is 0.0943. The van der Waals surface area contributed by atoms with Crippen molar-refractivity contribution in [1.82, 2.24) is 9.55 Å². The van der Waals surface area contributed by atoms with Gasteiger partial charge in [-0.25, -0.2) is 4.98 Å². The standard InChI is InChI=1S/C29H25N3O3/c1-17-11-23-18(2)13-27(20-9-10-22-26(14-20)30-16-32(4)29(22)34)35-28(23)24(12-17)19(3)31-25-8-6-5-7-21(25)15-33/h5-16,19,31H,2H2,1,3-4H3. The summed E-state index contributed by atoms with van der Waals surface area (Å²) in [4.78, 5) is 28.3. The minimum atomic E-state index is -0.141. The molecule has 0 bridgehead atoms. The van der Waals surface area contributed by atoms with Crippen molar-refractivity contribution < 1.29 is 9.53 Å². The maximum atomic E-state index is 12.4. The second-order valence-corrected chi connectivity index (χ2v) is 8.83. The van der Waals surface area contributed by atoms with Crippen LogP contribution in [0.1, 0.15) is 45.6 Å². The van der Waals surface area contributed by atoms with Crippen molar-refractivity contribution in [3.8, 4) is 5.75 Å². The average Bonchev–Trinajstić information content (AvgIpc) is 2.86. The maximum absolute atomic E-state index is 12.4. The number of hydrogen-bond acceptors (Lipinski definition) is 5. The van der Waals surface area contributed by atoms with Crippen LogP contribution in [0.3, 0.4) is 0 Å². The molecule has 6 nitrogen and oxygen atoms in total. The molecule has 0 aliphatic carbocycles. The Kier molecular flexibility index (Phi) is 5.57. The molecule has 6 heteroatoms. The van der Waals surface area contributed by atoms with Gasteiger partial charge in [0.1, 0.15) is 11.5 Å². The summed E-state index contributed by atoms with van der Waals surface area (Å²) in [5.74, 6) is 1.36. The molecule has 0 fully saturated rings. The van der Waals surface area contributed by atoms with E-state index in [-0.39, 0.29) is 11.6 Å². The largest absolute Gasteiger partial charge is 0.456 e. The van der Waals surface area contributed by atoms with Crippen molar-refractivity contribution in [3.63, 3.8) is 0 Å². The highest BCUT2D eigenvalue weighted by Crippen LogP contribution is 2.42. The molecule has 0 amide bonds. The monoisotopic (exact) mass is 463 g/mol. The van der Waals surface area contributed by atoms with Crippen LogP contribution in [-0.2, 0) is 7.05 Å². The highest BCUT2D eigenvalue weighted by Gasteiger charge is 2.24. The lowest BCUT2D eigenvalue weighted by Crippen LogP contribution is -2.17. The van der Waals surface area contributed by atoms with Gasteiger partial charge in [-0.3, -0.25) is 9.59 Å². The van der Waals surface area contributed by atoms with Crippen molar-refractivity contribution in [3.05, 3.63) is 112 Å². The van der Waals surface area contributed by atoms with Crippen LogP contribution >= 0.6 is 0 Å². The number of allylic oxidation sites excluding steroid dienone is 2. The van der Waals surface area contributed by atoms with Gasteiger partial charge < -0.3 is 14.6 Å². The van der Waals surface area contributed by atoms with E-state index in [0.29, 0.717) is 22.2 Å². The molecule has 3 aromatic carbocycles. The van der Waals surface area contributed by atoms with Gasteiger partial charge in [0.15, 0.2) is 6.29 Å². The second kappa shape index (κ2) is 8.72. The van der Waals surface area contributed by atoms with Gasteiger partial charge in [0.05, 0.1) is 23.3 Å². The third-order valence-electron chi connectivity index (χ3n) is 6.25. The lowest BCUT2D eigenvalue weighted by atomic mass is 9.93. The van der Waals surface area contributed by atoms with E-state index in [0.717, 1.165) is 45.5 Å². The van der Waals surface area contributed by atoms with Gasteiger partial charge in [-0.1, -0.05) is 30.8 Å². The van der Waals surface area contributed by atoms with Crippen molar-refractivity contribution >= 4 is 34.2 Å².